The predicted molar refractivity (Wildman–Crippen MR) is 155 cm³/mol. The third kappa shape index (κ3) is 5.76. The van der Waals surface area contributed by atoms with Gasteiger partial charge in [-0.25, -0.2) is 10.2 Å². The first-order valence-corrected chi connectivity index (χ1v) is 13.1. The number of carbonyl (C=O) groups is 2. The number of nitrogens with zero attached hydrogens (tertiary/aromatic N) is 2. The monoisotopic (exact) mass is 581 g/mol. The Labute approximate surface area is 233 Å². The number of esters is 1. The number of carbonyl (C=O) groups excluding carboxylic acids is 2. The quantitative estimate of drug-likeness (QED) is 0.0948. The van der Waals surface area contributed by atoms with Gasteiger partial charge < -0.3 is 14.0 Å². The van der Waals surface area contributed by atoms with Gasteiger partial charge in [-0.3, -0.25) is 4.79 Å². The van der Waals surface area contributed by atoms with E-state index < -0.39 is 5.97 Å². The summed E-state index contributed by atoms with van der Waals surface area (Å²) in [5.74, 6) is -0.216. The molecule has 0 aliphatic heterocycles. The van der Waals surface area contributed by atoms with E-state index >= 15 is 0 Å². The predicted octanol–water partition coefficient (Wildman–Crippen LogP) is 6.77. The van der Waals surface area contributed by atoms with E-state index in [2.05, 4.69) is 26.5 Å². The van der Waals surface area contributed by atoms with Crippen molar-refractivity contribution in [3.63, 3.8) is 0 Å². The van der Waals surface area contributed by atoms with Gasteiger partial charge in [-0.1, -0.05) is 48.5 Å². The van der Waals surface area contributed by atoms with Crippen molar-refractivity contribution in [3.05, 3.63) is 125 Å². The average Bonchev–Trinajstić information content (AvgIpc) is 3.50. The van der Waals surface area contributed by atoms with E-state index in [1.807, 2.05) is 84.5 Å². The summed E-state index contributed by atoms with van der Waals surface area (Å²) in [6.45, 7) is 2.20. The van der Waals surface area contributed by atoms with Crippen LogP contribution < -0.4 is 14.9 Å². The van der Waals surface area contributed by atoms with E-state index in [1.165, 1.54) is 6.21 Å². The molecule has 0 spiro atoms. The first kappa shape index (κ1) is 25.9. The summed E-state index contributed by atoms with van der Waals surface area (Å²) < 4.78 is 13.9. The highest BCUT2D eigenvalue weighted by molar-refractivity contribution is 9.10. The second kappa shape index (κ2) is 11.8. The summed E-state index contributed by atoms with van der Waals surface area (Å²) in [5, 5.41) is 5.88. The second-order valence-corrected chi connectivity index (χ2v) is 9.34. The summed E-state index contributed by atoms with van der Waals surface area (Å²) in [7, 11) is 0. The third-order valence-electron chi connectivity index (χ3n) is 5.95. The zero-order valence-electron chi connectivity index (χ0n) is 21.0. The van der Waals surface area contributed by atoms with Crippen LogP contribution in [0.1, 0.15) is 33.2 Å². The van der Waals surface area contributed by atoms with Gasteiger partial charge >= 0.3 is 5.97 Å². The lowest BCUT2D eigenvalue weighted by atomic mass is 10.0. The van der Waals surface area contributed by atoms with E-state index in [0.717, 1.165) is 16.5 Å². The number of amides is 1. The highest BCUT2D eigenvalue weighted by Crippen LogP contribution is 2.37. The molecule has 1 heterocycles. The van der Waals surface area contributed by atoms with Gasteiger partial charge in [0.1, 0.15) is 0 Å². The molecule has 1 N–H and O–H groups in total. The van der Waals surface area contributed by atoms with Crippen molar-refractivity contribution in [2.75, 3.05) is 6.61 Å². The van der Waals surface area contributed by atoms with E-state index in [-0.39, 0.29) is 11.7 Å². The maximum atomic E-state index is 13.1. The lowest BCUT2D eigenvalue weighted by Gasteiger charge is -2.14. The number of hydrazone groups is 1. The summed E-state index contributed by atoms with van der Waals surface area (Å²) in [4.78, 5) is 26.0. The van der Waals surface area contributed by atoms with Gasteiger partial charge in [-0.15, -0.1) is 0 Å². The van der Waals surface area contributed by atoms with Crippen LogP contribution in [-0.4, -0.2) is 29.3 Å². The molecule has 0 bridgehead atoms. The molecule has 0 atom stereocenters. The van der Waals surface area contributed by atoms with Crippen LogP contribution in [0.2, 0.25) is 0 Å². The lowest BCUT2D eigenvalue weighted by Crippen LogP contribution is -2.19. The van der Waals surface area contributed by atoms with Gasteiger partial charge in [-0.2, -0.15) is 5.10 Å². The van der Waals surface area contributed by atoms with Crippen molar-refractivity contribution in [1.29, 1.82) is 0 Å². The molecule has 1 aromatic heterocycles. The fourth-order valence-corrected chi connectivity index (χ4v) is 4.73. The van der Waals surface area contributed by atoms with Gasteiger partial charge in [0.05, 0.1) is 34.1 Å². The standard InChI is InChI=1S/C31H24BrN3O4/c1-2-38-28-19-21(20-33-34-30(36)25-13-5-6-15-27(25)35-16-7-8-17-35)18-26(32)29(28)39-31(37)24-14-9-11-22-10-3-4-12-23(22)24/h3-20H,2H2,1H3,(H,34,36)/b33-20-. The fraction of sp³-hybridized carbons (Fsp3) is 0.0645. The second-order valence-electron chi connectivity index (χ2n) is 8.49. The van der Waals surface area contributed by atoms with Crippen LogP contribution in [0.25, 0.3) is 16.5 Å². The Morgan fingerprint density at radius 2 is 1.64 bits per heavy atom. The minimum atomic E-state index is -0.497. The van der Waals surface area contributed by atoms with Crippen LogP contribution in [0.3, 0.4) is 0 Å². The number of halogens is 1. The molecule has 0 aliphatic rings. The van der Waals surface area contributed by atoms with Gasteiger partial charge in [0.15, 0.2) is 11.5 Å². The molecular weight excluding hydrogens is 558 g/mol. The first-order chi connectivity index (χ1) is 19.0. The smallest absolute Gasteiger partial charge is 0.344 e. The number of rotatable bonds is 8. The summed E-state index contributed by atoms with van der Waals surface area (Å²) in [6, 6.07) is 27.6. The van der Waals surface area contributed by atoms with Gasteiger partial charge in [0.25, 0.3) is 5.91 Å². The normalized spacial score (nSPS) is 11.0. The van der Waals surface area contributed by atoms with E-state index in [9.17, 15) is 9.59 Å². The Morgan fingerprint density at radius 3 is 2.46 bits per heavy atom. The third-order valence-corrected chi connectivity index (χ3v) is 6.54. The molecule has 8 heteroatoms. The highest BCUT2D eigenvalue weighted by Gasteiger charge is 2.19. The van der Waals surface area contributed by atoms with Gasteiger partial charge in [0, 0.05) is 12.4 Å². The number of fused-ring (bicyclic) bond motifs is 1. The van der Waals surface area contributed by atoms with Crippen LogP contribution in [0.4, 0.5) is 0 Å². The topological polar surface area (TPSA) is 81.9 Å². The average molecular weight is 582 g/mol. The van der Waals surface area contributed by atoms with Crippen LogP contribution >= 0.6 is 15.9 Å². The number of benzene rings is 4. The number of hydrogen-bond acceptors (Lipinski definition) is 5. The molecule has 5 rings (SSSR count). The molecule has 0 saturated carbocycles. The summed E-state index contributed by atoms with van der Waals surface area (Å²) >= 11 is 3.50. The molecule has 0 fully saturated rings. The van der Waals surface area contributed by atoms with Crippen molar-refractivity contribution in [2.45, 2.75) is 6.92 Å². The van der Waals surface area contributed by atoms with Crippen LogP contribution in [0, 0.1) is 0 Å². The number of nitrogens with one attached hydrogen (secondary N) is 1. The molecule has 5 aromatic rings. The van der Waals surface area contributed by atoms with Crippen molar-refractivity contribution < 1.29 is 19.1 Å². The van der Waals surface area contributed by atoms with Crippen LogP contribution in [0.15, 0.2) is 113 Å². The molecule has 4 aromatic carbocycles. The van der Waals surface area contributed by atoms with E-state index in [0.29, 0.717) is 33.5 Å². The minimum Gasteiger partial charge on any atom is -0.490 e. The van der Waals surface area contributed by atoms with Crippen molar-refractivity contribution in [1.82, 2.24) is 9.99 Å². The molecule has 194 valence electrons. The Kier molecular flexibility index (Phi) is 7.84. The molecule has 39 heavy (non-hydrogen) atoms. The van der Waals surface area contributed by atoms with Crippen molar-refractivity contribution in [3.8, 4) is 17.2 Å². The molecule has 0 saturated heterocycles. The number of hydrogen-bond donors (Lipinski definition) is 1. The minimum absolute atomic E-state index is 0.261. The van der Waals surface area contributed by atoms with Crippen LogP contribution in [-0.2, 0) is 0 Å². The van der Waals surface area contributed by atoms with Gasteiger partial charge in [-0.05, 0) is 81.7 Å². The largest absolute Gasteiger partial charge is 0.490 e. The summed E-state index contributed by atoms with van der Waals surface area (Å²) in [6.07, 6.45) is 5.24. The van der Waals surface area contributed by atoms with E-state index in [4.69, 9.17) is 9.47 Å². The Morgan fingerprint density at radius 1 is 0.923 bits per heavy atom. The molecular formula is C31H24BrN3O4. The van der Waals surface area contributed by atoms with E-state index in [1.54, 1.807) is 30.3 Å². The molecule has 0 unspecified atom stereocenters. The molecule has 0 aliphatic carbocycles. The fourth-order valence-electron chi connectivity index (χ4n) is 4.19. The first-order valence-electron chi connectivity index (χ1n) is 12.3. The zero-order chi connectivity index (χ0) is 27.2. The molecule has 1 amide bonds. The Balaban J connectivity index is 1.36. The number of aromatic nitrogens is 1. The molecule has 0 radical (unpaired) electrons. The Bertz CT molecular complexity index is 1670. The van der Waals surface area contributed by atoms with Gasteiger partial charge in [0.2, 0.25) is 0 Å². The number of para-hydroxylation sites is 1. The maximum absolute atomic E-state index is 13.1. The van der Waals surface area contributed by atoms with Crippen LogP contribution in [0.5, 0.6) is 11.5 Å². The van der Waals surface area contributed by atoms with Crippen molar-refractivity contribution >= 4 is 44.8 Å². The molecule has 7 nitrogen and oxygen atoms in total. The lowest BCUT2D eigenvalue weighted by molar-refractivity contribution is 0.0729. The SMILES string of the molecule is CCOc1cc(/C=N\NC(=O)c2ccccc2-n2cccc2)cc(Br)c1OC(=O)c1cccc2ccccc12. The number of ether oxygens (including phenoxy) is 2. The zero-order valence-corrected chi connectivity index (χ0v) is 22.6. The Hall–Kier alpha value is -4.69. The summed E-state index contributed by atoms with van der Waals surface area (Å²) in [5.41, 5.74) is 4.90. The maximum Gasteiger partial charge on any atom is 0.344 e. The van der Waals surface area contributed by atoms with Crippen molar-refractivity contribution in [2.24, 2.45) is 5.10 Å². The highest BCUT2D eigenvalue weighted by atomic mass is 79.9.